The number of aryl methyl sites for hydroxylation is 2. The van der Waals surface area contributed by atoms with Crippen LogP contribution in [-0.4, -0.2) is 17.4 Å². The van der Waals surface area contributed by atoms with Crippen LogP contribution in [0.1, 0.15) is 24.7 Å². The molecule has 0 bridgehead atoms. The van der Waals surface area contributed by atoms with E-state index in [0.717, 1.165) is 19.3 Å². The molecule has 1 heterocycles. The van der Waals surface area contributed by atoms with Crippen LogP contribution < -0.4 is 0 Å². The summed E-state index contributed by atoms with van der Waals surface area (Å²) >= 11 is 0. The first-order chi connectivity index (χ1) is 6.33. The molecule has 0 aliphatic heterocycles. The smallest absolute Gasteiger partial charge is 0.109 e. The van der Waals surface area contributed by atoms with Crippen molar-refractivity contribution in [2.45, 2.75) is 32.6 Å². The average Bonchev–Trinajstić information content (AvgIpc) is 2.56. The topological polar surface area (TPSA) is 41.6 Å². The summed E-state index contributed by atoms with van der Waals surface area (Å²) in [6, 6.07) is 2.15. The standard InChI is InChI=1S/C9H14BN3/c1-2-8-9(6-10)13(7-12-8)5-3-4-11/h7H,2-3,5-6,10H2,1H3. The third kappa shape index (κ3) is 2.12. The van der Waals surface area contributed by atoms with Crippen LogP contribution in [0.15, 0.2) is 6.33 Å². The van der Waals surface area contributed by atoms with Crippen LogP contribution in [-0.2, 0) is 19.3 Å². The van der Waals surface area contributed by atoms with E-state index in [1.165, 1.54) is 11.4 Å². The first-order valence-electron chi connectivity index (χ1n) is 4.73. The molecule has 0 aliphatic rings. The molecule has 1 aromatic heterocycles. The van der Waals surface area contributed by atoms with E-state index in [-0.39, 0.29) is 0 Å². The Balaban J connectivity index is 2.82. The van der Waals surface area contributed by atoms with Crippen molar-refractivity contribution in [1.29, 1.82) is 5.26 Å². The molecule has 0 aromatic carbocycles. The molecule has 4 heteroatoms. The molecule has 1 aromatic rings. The van der Waals surface area contributed by atoms with Crippen molar-refractivity contribution in [3.05, 3.63) is 17.7 Å². The molecule has 1 rings (SSSR count). The van der Waals surface area contributed by atoms with Crippen molar-refractivity contribution in [3.63, 3.8) is 0 Å². The number of nitrogens with zero attached hydrogens (tertiary/aromatic N) is 3. The molecule has 0 spiro atoms. The minimum absolute atomic E-state index is 0.562. The zero-order chi connectivity index (χ0) is 9.68. The Bertz CT molecular complexity index is 311. The summed E-state index contributed by atoms with van der Waals surface area (Å²) in [4.78, 5) is 4.31. The maximum absolute atomic E-state index is 8.47. The second kappa shape index (κ2) is 4.71. The van der Waals surface area contributed by atoms with E-state index >= 15 is 0 Å². The lowest BCUT2D eigenvalue weighted by Gasteiger charge is -2.04. The van der Waals surface area contributed by atoms with Crippen molar-refractivity contribution in [3.8, 4) is 6.07 Å². The molecule has 13 heavy (non-hydrogen) atoms. The number of hydrogen-bond donors (Lipinski definition) is 0. The van der Waals surface area contributed by atoms with Crippen molar-refractivity contribution in [2.24, 2.45) is 0 Å². The SMILES string of the molecule is BCc1c(CC)ncn1CCC#N. The van der Waals surface area contributed by atoms with Gasteiger partial charge in [-0.2, -0.15) is 5.26 Å². The molecule has 0 aliphatic carbocycles. The quantitative estimate of drug-likeness (QED) is 0.625. The summed E-state index contributed by atoms with van der Waals surface area (Å²) in [6.07, 6.45) is 4.37. The lowest BCUT2D eigenvalue weighted by atomic mass is 9.99. The number of aromatic nitrogens is 2. The van der Waals surface area contributed by atoms with Gasteiger partial charge in [0.2, 0.25) is 0 Å². The molecule has 0 unspecified atom stereocenters. The predicted octanol–water partition coefficient (Wildman–Crippen LogP) is 0.492. The lowest BCUT2D eigenvalue weighted by molar-refractivity contribution is 0.689. The Kier molecular flexibility index (Phi) is 3.57. The third-order valence-electron chi connectivity index (χ3n) is 2.17. The fraction of sp³-hybridized carbons (Fsp3) is 0.556. The van der Waals surface area contributed by atoms with Gasteiger partial charge in [0, 0.05) is 12.2 Å². The fourth-order valence-corrected chi connectivity index (χ4v) is 1.51. The highest BCUT2D eigenvalue weighted by Crippen LogP contribution is 2.08. The first-order valence-corrected chi connectivity index (χ1v) is 4.73. The van der Waals surface area contributed by atoms with Crippen LogP contribution in [0, 0.1) is 11.3 Å². The molecular weight excluding hydrogens is 161 g/mol. The number of nitriles is 1. The van der Waals surface area contributed by atoms with Crippen molar-refractivity contribution < 1.29 is 0 Å². The van der Waals surface area contributed by atoms with E-state index in [9.17, 15) is 0 Å². The van der Waals surface area contributed by atoms with Crippen LogP contribution >= 0.6 is 0 Å². The van der Waals surface area contributed by atoms with E-state index < -0.39 is 0 Å². The van der Waals surface area contributed by atoms with E-state index in [1.54, 1.807) is 0 Å². The van der Waals surface area contributed by atoms with Crippen LogP contribution in [0.25, 0.3) is 0 Å². The van der Waals surface area contributed by atoms with Gasteiger partial charge in [0.05, 0.1) is 24.5 Å². The third-order valence-corrected chi connectivity index (χ3v) is 2.17. The van der Waals surface area contributed by atoms with E-state index in [4.69, 9.17) is 5.26 Å². The highest BCUT2D eigenvalue weighted by molar-refractivity contribution is 6.08. The maximum Gasteiger partial charge on any atom is 0.109 e. The van der Waals surface area contributed by atoms with Gasteiger partial charge >= 0.3 is 0 Å². The predicted molar refractivity (Wildman–Crippen MR) is 54.1 cm³/mol. The average molecular weight is 175 g/mol. The molecule has 68 valence electrons. The van der Waals surface area contributed by atoms with Gasteiger partial charge in [0.25, 0.3) is 0 Å². The van der Waals surface area contributed by atoms with Crippen LogP contribution in [0.4, 0.5) is 0 Å². The van der Waals surface area contributed by atoms with Gasteiger partial charge < -0.3 is 4.57 Å². The zero-order valence-electron chi connectivity index (χ0n) is 8.25. The van der Waals surface area contributed by atoms with Gasteiger partial charge in [0.15, 0.2) is 0 Å². The Hall–Kier alpha value is -1.24. The Morgan fingerprint density at radius 2 is 2.46 bits per heavy atom. The van der Waals surface area contributed by atoms with Gasteiger partial charge in [-0.15, -0.1) is 0 Å². The van der Waals surface area contributed by atoms with Gasteiger partial charge in [-0.05, 0) is 12.7 Å². The molecule has 0 saturated carbocycles. The Morgan fingerprint density at radius 3 is 3.00 bits per heavy atom. The summed E-state index contributed by atoms with van der Waals surface area (Å²) in [7, 11) is 2.12. The highest BCUT2D eigenvalue weighted by Gasteiger charge is 2.05. The summed E-state index contributed by atoms with van der Waals surface area (Å²) in [5, 5.41) is 8.47. The number of imidazole rings is 1. The van der Waals surface area contributed by atoms with Gasteiger partial charge in [0.1, 0.15) is 7.85 Å². The molecular formula is C9H14BN3. The van der Waals surface area contributed by atoms with Crippen LogP contribution in [0.2, 0.25) is 0 Å². The maximum atomic E-state index is 8.47. The minimum Gasteiger partial charge on any atom is -0.334 e. The molecule has 3 nitrogen and oxygen atoms in total. The largest absolute Gasteiger partial charge is 0.334 e. The normalized spacial score (nSPS) is 9.85. The minimum atomic E-state index is 0.562. The first kappa shape index (κ1) is 9.85. The van der Waals surface area contributed by atoms with Gasteiger partial charge in [-0.3, -0.25) is 0 Å². The molecule has 0 amide bonds. The van der Waals surface area contributed by atoms with Crippen molar-refractivity contribution >= 4 is 7.85 Å². The Labute approximate surface area is 79.8 Å². The Morgan fingerprint density at radius 1 is 1.69 bits per heavy atom. The summed E-state index contributed by atoms with van der Waals surface area (Å²) in [6.45, 7) is 2.88. The second-order valence-corrected chi connectivity index (χ2v) is 2.95. The highest BCUT2D eigenvalue weighted by atomic mass is 15.1. The summed E-state index contributed by atoms with van der Waals surface area (Å²) in [5.74, 6) is 0. The number of rotatable bonds is 4. The molecule has 0 atom stereocenters. The molecule has 0 saturated heterocycles. The molecule has 0 N–H and O–H groups in total. The number of hydrogen-bond acceptors (Lipinski definition) is 2. The molecule has 0 radical (unpaired) electrons. The van der Waals surface area contributed by atoms with E-state index in [0.29, 0.717) is 6.42 Å². The molecule has 0 fully saturated rings. The van der Waals surface area contributed by atoms with Crippen molar-refractivity contribution in [2.75, 3.05) is 0 Å². The van der Waals surface area contributed by atoms with Crippen LogP contribution in [0.3, 0.4) is 0 Å². The van der Waals surface area contributed by atoms with Crippen LogP contribution in [0.5, 0.6) is 0 Å². The second-order valence-electron chi connectivity index (χ2n) is 2.95. The fourth-order valence-electron chi connectivity index (χ4n) is 1.51. The monoisotopic (exact) mass is 175 g/mol. The van der Waals surface area contributed by atoms with Crippen molar-refractivity contribution in [1.82, 2.24) is 9.55 Å². The zero-order valence-corrected chi connectivity index (χ0v) is 8.25. The summed E-state index contributed by atoms with van der Waals surface area (Å²) < 4.78 is 2.09. The lowest BCUT2D eigenvalue weighted by Crippen LogP contribution is -2.03. The van der Waals surface area contributed by atoms with Gasteiger partial charge in [-0.1, -0.05) is 6.92 Å². The van der Waals surface area contributed by atoms with Gasteiger partial charge in [-0.25, -0.2) is 4.98 Å². The summed E-state index contributed by atoms with van der Waals surface area (Å²) in [5.41, 5.74) is 2.44. The van der Waals surface area contributed by atoms with E-state index in [1.807, 2.05) is 6.33 Å². The van der Waals surface area contributed by atoms with E-state index in [2.05, 4.69) is 30.4 Å².